The minimum Gasteiger partial charge on any atom is -0.345 e. The van der Waals surface area contributed by atoms with Gasteiger partial charge in [0, 0.05) is 32.9 Å². The van der Waals surface area contributed by atoms with E-state index < -0.39 is 0 Å². The van der Waals surface area contributed by atoms with Crippen LogP contribution in [0.5, 0.6) is 0 Å². The molecule has 20 heavy (non-hydrogen) atoms. The topological polar surface area (TPSA) is 51.3 Å². The predicted octanol–water partition coefficient (Wildman–Crippen LogP) is 2.28. The third-order valence-electron chi connectivity index (χ3n) is 3.09. The van der Waals surface area contributed by atoms with Crippen molar-refractivity contribution >= 4 is 17.5 Å². The average Bonchev–Trinajstić information content (AvgIpc) is 2.77. The minimum absolute atomic E-state index is 0.0614. The quantitative estimate of drug-likeness (QED) is 0.919. The fraction of sp³-hybridized carbons (Fsp3) is 0.267. The van der Waals surface area contributed by atoms with Crippen molar-refractivity contribution in [1.29, 1.82) is 0 Å². The molecule has 1 aromatic carbocycles. The summed E-state index contributed by atoms with van der Waals surface area (Å²) in [6.07, 6.45) is 1.72. The van der Waals surface area contributed by atoms with Crippen LogP contribution in [0.15, 0.2) is 42.6 Å². The van der Waals surface area contributed by atoms with Gasteiger partial charge in [0.05, 0.1) is 5.02 Å². The van der Waals surface area contributed by atoms with E-state index in [0.29, 0.717) is 30.4 Å². The van der Waals surface area contributed by atoms with Crippen LogP contribution < -0.4 is 5.73 Å². The smallest absolute Gasteiger partial charge is 0.270 e. The van der Waals surface area contributed by atoms with Gasteiger partial charge in [-0.05, 0) is 11.6 Å². The van der Waals surface area contributed by atoms with E-state index in [2.05, 4.69) is 0 Å². The summed E-state index contributed by atoms with van der Waals surface area (Å²) in [5, 5.41) is 0.559. The Morgan fingerprint density at radius 3 is 2.60 bits per heavy atom. The molecule has 1 aromatic heterocycles. The van der Waals surface area contributed by atoms with Crippen LogP contribution in [-0.4, -0.2) is 28.5 Å². The molecule has 1 amide bonds. The van der Waals surface area contributed by atoms with Crippen LogP contribution in [0, 0.1) is 0 Å². The van der Waals surface area contributed by atoms with Crippen molar-refractivity contribution in [3.63, 3.8) is 0 Å². The highest BCUT2D eigenvalue weighted by atomic mass is 35.5. The lowest BCUT2D eigenvalue weighted by molar-refractivity contribution is 0.0738. The highest BCUT2D eigenvalue weighted by molar-refractivity contribution is 6.31. The second-order valence-corrected chi connectivity index (χ2v) is 5.09. The van der Waals surface area contributed by atoms with E-state index in [-0.39, 0.29) is 5.91 Å². The summed E-state index contributed by atoms with van der Waals surface area (Å²) in [6.45, 7) is 1.48. The normalized spacial score (nSPS) is 10.6. The van der Waals surface area contributed by atoms with Gasteiger partial charge < -0.3 is 15.2 Å². The van der Waals surface area contributed by atoms with E-state index in [4.69, 9.17) is 17.3 Å². The lowest BCUT2D eigenvalue weighted by atomic mass is 10.2. The number of carbonyl (C=O) groups is 1. The van der Waals surface area contributed by atoms with E-state index in [1.807, 2.05) is 37.4 Å². The van der Waals surface area contributed by atoms with Gasteiger partial charge in [0.1, 0.15) is 5.69 Å². The third-order valence-corrected chi connectivity index (χ3v) is 3.30. The molecule has 0 saturated carbocycles. The van der Waals surface area contributed by atoms with Gasteiger partial charge >= 0.3 is 0 Å². The Morgan fingerprint density at radius 2 is 2.05 bits per heavy atom. The Hall–Kier alpha value is -1.78. The molecule has 0 spiro atoms. The number of nitrogens with two attached hydrogens (primary N) is 1. The highest BCUT2D eigenvalue weighted by Gasteiger charge is 2.18. The fourth-order valence-electron chi connectivity index (χ4n) is 2.11. The molecule has 0 aliphatic heterocycles. The van der Waals surface area contributed by atoms with Crippen molar-refractivity contribution < 1.29 is 4.79 Å². The molecule has 106 valence electrons. The molecule has 4 nitrogen and oxygen atoms in total. The first-order valence-electron chi connectivity index (χ1n) is 6.47. The Bertz CT molecular complexity index is 580. The Labute approximate surface area is 123 Å². The molecular weight excluding hydrogens is 274 g/mol. The van der Waals surface area contributed by atoms with Crippen molar-refractivity contribution in [3.8, 4) is 0 Å². The maximum absolute atomic E-state index is 12.6. The van der Waals surface area contributed by atoms with Gasteiger partial charge in [0.15, 0.2) is 0 Å². The summed E-state index contributed by atoms with van der Waals surface area (Å²) in [7, 11) is 1.81. The average molecular weight is 292 g/mol. The van der Waals surface area contributed by atoms with Crippen LogP contribution in [-0.2, 0) is 13.6 Å². The maximum atomic E-state index is 12.6. The molecule has 0 unspecified atom stereocenters. The molecule has 0 radical (unpaired) electrons. The number of nitrogens with zero attached hydrogens (tertiary/aromatic N) is 2. The first-order chi connectivity index (χ1) is 9.61. The SMILES string of the molecule is Cn1cc(Cl)cc1C(=O)N(CCN)Cc1ccccc1. The number of aromatic nitrogens is 1. The van der Waals surface area contributed by atoms with Crippen LogP contribution in [0.2, 0.25) is 5.02 Å². The zero-order valence-electron chi connectivity index (χ0n) is 11.4. The largest absolute Gasteiger partial charge is 0.345 e. The first-order valence-corrected chi connectivity index (χ1v) is 6.84. The van der Waals surface area contributed by atoms with E-state index in [0.717, 1.165) is 5.56 Å². The zero-order valence-corrected chi connectivity index (χ0v) is 12.2. The van der Waals surface area contributed by atoms with Crippen molar-refractivity contribution in [2.24, 2.45) is 12.8 Å². The molecule has 2 aromatic rings. The number of rotatable bonds is 5. The lowest BCUT2D eigenvalue weighted by Crippen LogP contribution is -2.35. The number of carbonyl (C=O) groups excluding carboxylic acids is 1. The highest BCUT2D eigenvalue weighted by Crippen LogP contribution is 2.16. The van der Waals surface area contributed by atoms with Gasteiger partial charge in [-0.3, -0.25) is 4.79 Å². The number of benzene rings is 1. The van der Waals surface area contributed by atoms with Crippen LogP contribution in [0.3, 0.4) is 0 Å². The van der Waals surface area contributed by atoms with Crippen LogP contribution in [0.4, 0.5) is 0 Å². The van der Waals surface area contributed by atoms with Gasteiger partial charge in [-0.2, -0.15) is 0 Å². The van der Waals surface area contributed by atoms with Gasteiger partial charge in [-0.15, -0.1) is 0 Å². The third kappa shape index (κ3) is 3.40. The standard InChI is InChI=1S/C15H18ClN3O/c1-18-11-13(16)9-14(18)15(20)19(8-7-17)10-12-5-3-2-4-6-12/h2-6,9,11H,7-8,10,17H2,1H3. The second-order valence-electron chi connectivity index (χ2n) is 4.66. The zero-order chi connectivity index (χ0) is 14.5. The maximum Gasteiger partial charge on any atom is 0.270 e. The van der Waals surface area contributed by atoms with Crippen molar-refractivity contribution in [2.75, 3.05) is 13.1 Å². The number of amides is 1. The van der Waals surface area contributed by atoms with E-state index in [1.54, 1.807) is 21.7 Å². The molecule has 2 N–H and O–H groups in total. The summed E-state index contributed by atoms with van der Waals surface area (Å²) >= 11 is 5.94. The van der Waals surface area contributed by atoms with Gasteiger partial charge in [0.25, 0.3) is 5.91 Å². The van der Waals surface area contributed by atoms with Crippen LogP contribution in [0.1, 0.15) is 16.1 Å². The Balaban J connectivity index is 2.20. The number of halogens is 1. The molecule has 0 aliphatic rings. The van der Waals surface area contributed by atoms with Gasteiger partial charge in [-0.1, -0.05) is 41.9 Å². The Kier molecular flexibility index (Phi) is 4.82. The molecule has 0 aliphatic carbocycles. The molecule has 0 bridgehead atoms. The summed E-state index contributed by atoms with van der Waals surface area (Å²) < 4.78 is 1.74. The summed E-state index contributed by atoms with van der Waals surface area (Å²) in [4.78, 5) is 14.3. The summed E-state index contributed by atoms with van der Waals surface area (Å²) in [5.41, 5.74) is 7.26. The number of hydrogen-bond donors (Lipinski definition) is 1. The number of aryl methyl sites for hydroxylation is 1. The van der Waals surface area contributed by atoms with E-state index >= 15 is 0 Å². The fourth-order valence-corrected chi connectivity index (χ4v) is 2.36. The predicted molar refractivity (Wildman–Crippen MR) is 80.7 cm³/mol. The molecule has 0 fully saturated rings. The molecule has 2 rings (SSSR count). The van der Waals surface area contributed by atoms with E-state index in [1.165, 1.54) is 0 Å². The number of hydrogen-bond acceptors (Lipinski definition) is 2. The Morgan fingerprint density at radius 1 is 1.35 bits per heavy atom. The van der Waals surface area contributed by atoms with E-state index in [9.17, 15) is 4.79 Å². The van der Waals surface area contributed by atoms with Gasteiger partial charge in [-0.25, -0.2) is 0 Å². The molecular formula is C15H18ClN3O. The van der Waals surface area contributed by atoms with Crippen molar-refractivity contribution in [2.45, 2.75) is 6.54 Å². The molecule has 0 atom stereocenters. The molecule has 1 heterocycles. The summed E-state index contributed by atoms with van der Waals surface area (Å²) in [5.74, 6) is -0.0614. The molecule has 5 heteroatoms. The lowest BCUT2D eigenvalue weighted by Gasteiger charge is -2.22. The summed E-state index contributed by atoms with van der Waals surface area (Å²) in [6, 6.07) is 11.5. The van der Waals surface area contributed by atoms with Gasteiger partial charge in [0.2, 0.25) is 0 Å². The van der Waals surface area contributed by atoms with Crippen LogP contribution in [0.25, 0.3) is 0 Å². The second kappa shape index (κ2) is 6.59. The minimum atomic E-state index is -0.0614. The van der Waals surface area contributed by atoms with Crippen molar-refractivity contribution in [3.05, 3.63) is 58.9 Å². The van der Waals surface area contributed by atoms with Crippen LogP contribution >= 0.6 is 11.6 Å². The monoisotopic (exact) mass is 291 g/mol. The molecule has 0 saturated heterocycles. The first kappa shape index (κ1) is 14.6. The van der Waals surface area contributed by atoms with Crippen molar-refractivity contribution in [1.82, 2.24) is 9.47 Å².